The molecule has 0 aromatic heterocycles. The Kier molecular flexibility index (Phi) is 9.91. The molecule has 0 saturated carbocycles. The predicted molar refractivity (Wildman–Crippen MR) is 96.4 cm³/mol. The number of nitrogens with one attached hydrogen (secondary N) is 2. The van der Waals surface area contributed by atoms with Gasteiger partial charge in [0.1, 0.15) is 0 Å². The van der Waals surface area contributed by atoms with Crippen LogP contribution in [0.3, 0.4) is 0 Å². The Morgan fingerprint density at radius 2 is 1.95 bits per heavy atom. The molecular formula is C15H23Cl2N3OS. The zero-order chi connectivity index (χ0) is 14.9. The van der Waals surface area contributed by atoms with E-state index in [1.807, 2.05) is 24.3 Å². The van der Waals surface area contributed by atoms with Gasteiger partial charge < -0.3 is 15.5 Å². The summed E-state index contributed by atoms with van der Waals surface area (Å²) < 4.78 is 0. The lowest BCUT2D eigenvalue weighted by Gasteiger charge is -2.27. The minimum Gasteiger partial charge on any atom is -0.355 e. The summed E-state index contributed by atoms with van der Waals surface area (Å²) in [7, 11) is 0. The third-order valence-corrected chi connectivity index (χ3v) is 4.63. The molecule has 2 N–H and O–H groups in total. The van der Waals surface area contributed by atoms with Crippen LogP contribution in [0.2, 0.25) is 5.02 Å². The minimum atomic E-state index is 0. The van der Waals surface area contributed by atoms with Crippen LogP contribution in [-0.2, 0) is 4.79 Å². The number of carbonyl (C=O) groups is 1. The van der Waals surface area contributed by atoms with Gasteiger partial charge in [-0.1, -0.05) is 11.6 Å². The largest absolute Gasteiger partial charge is 0.355 e. The fraction of sp³-hybridized carbons (Fsp3) is 0.533. The highest BCUT2D eigenvalue weighted by Crippen LogP contribution is 2.19. The van der Waals surface area contributed by atoms with Crippen LogP contribution < -0.4 is 10.6 Å². The highest BCUT2D eigenvalue weighted by molar-refractivity contribution is 8.00. The van der Waals surface area contributed by atoms with Crippen molar-refractivity contribution in [3.8, 4) is 0 Å². The van der Waals surface area contributed by atoms with E-state index < -0.39 is 0 Å². The second kappa shape index (κ2) is 11.1. The summed E-state index contributed by atoms with van der Waals surface area (Å²) in [4.78, 5) is 15.3. The van der Waals surface area contributed by atoms with Crippen LogP contribution in [-0.4, -0.2) is 55.8 Å². The van der Waals surface area contributed by atoms with Crippen LogP contribution in [0.5, 0.6) is 0 Å². The number of halogens is 2. The Labute approximate surface area is 147 Å². The third-order valence-electron chi connectivity index (χ3n) is 3.37. The van der Waals surface area contributed by atoms with E-state index in [-0.39, 0.29) is 18.3 Å². The van der Waals surface area contributed by atoms with Crippen molar-refractivity contribution in [1.29, 1.82) is 0 Å². The molecule has 1 fully saturated rings. The van der Waals surface area contributed by atoms with Crippen LogP contribution in [0.25, 0.3) is 0 Å². The van der Waals surface area contributed by atoms with Crippen LogP contribution in [0.4, 0.5) is 0 Å². The van der Waals surface area contributed by atoms with Crippen molar-refractivity contribution >= 4 is 41.7 Å². The molecule has 124 valence electrons. The maximum absolute atomic E-state index is 11.8. The Balaban J connectivity index is 0.00000242. The van der Waals surface area contributed by atoms with E-state index in [1.165, 1.54) is 11.8 Å². The Morgan fingerprint density at radius 3 is 2.64 bits per heavy atom. The summed E-state index contributed by atoms with van der Waals surface area (Å²) in [6.45, 7) is 6.19. The van der Waals surface area contributed by atoms with Gasteiger partial charge >= 0.3 is 0 Å². The van der Waals surface area contributed by atoms with Gasteiger partial charge in [0.25, 0.3) is 0 Å². The number of piperazine rings is 1. The fourth-order valence-electron chi connectivity index (χ4n) is 2.20. The van der Waals surface area contributed by atoms with Gasteiger partial charge in [-0.3, -0.25) is 4.79 Å². The van der Waals surface area contributed by atoms with E-state index in [0.717, 1.165) is 55.6 Å². The van der Waals surface area contributed by atoms with Gasteiger partial charge in [-0.05, 0) is 37.2 Å². The molecule has 1 aliphatic rings. The summed E-state index contributed by atoms with van der Waals surface area (Å²) in [5.74, 6) is 0.546. The number of carbonyl (C=O) groups excluding carboxylic acids is 1. The molecule has 22 heavy (non-hydrogen) atoms. The van der Waals surface area contributed by atoms with Crippen LogP contribution >= 0.6 is 35.8 Å². The monoisotopic (exact) mass is 363 g/mol. The van der Waals surface area contributed by atoms with Crippen LogP contribution in [0.15, 0.2) is 29.2 Å². The molecule has 1 aromatic rings. The van der Waals surface area contributed by atoms with Gasteiger partial charge in [0, 0.05) is 42.6 Å². The van der Waals surface area contributed by atoms with Crippen molar-refractivity contribution < 1.29 is 4.79 Å². The number of amides is 1. The van der Waals surface area contributed by atoms with E-state index >= 15 is 0 Å². The summed E-state index contributed by atoms with van der Waals surface area (Å²) in [6, 6.07) is 7.56. The highest BCUT2D eigenvalue weighted by Gasteiger charge is 2.08. The van der Waals surface area contributed by atoms with E-state index in [2.05, 4.69) is 15.5 Å². The Hall–Kier alpha value is -0.460. The molecule has 0 aliphatic carbocycles. The first-order valence-electron chi connectivity index (χ1n) is 7.32. The molecule has 0 spiro atoms. The number of rotatable bonds is 7. The lowest BCUT2D eigenvalue weighted by atomic mass is 10.3. The molecule has 1 amide bonds. The van der Waals surface area contributed by atoms with E-state index in [1.54, 1.807) is 0 Å². The quantitative estimate of drug-likeness (QED) is 0.576. The number of hydrogen-bond acceptors (Lipinski definition) is 4. The van der Waals surface area contributed by atoms with Gasteiger partial charge in [-0.2, -0.15) is 0 Å². The summed E-state index contributed by atoms with van der Waals surface area (Å²) in [5.41, 5.74) is 0. The predicted octanol–water partition coefficient (Wildman–Crippen LogP) is 2.27. The normalized spacial score (nSPS) is 15.1. The highest BCUT2D eigenvalue weighted by atomic mass is 35.5. The molecular weight excluding hydrogens is 341 g/mol. The topological polar surface area (TPSA) is 44.4 Å². The lowest BCUT2D eigenvalue weighted by Crippen LogP contribution is -2.44. The average Bonchev–Trinajstić information content (AvgIpc) is 2.52. The van der Waals surface area contributed by atoms with Gasteiger partial charge in [-0.15, -0.1) is 24.2 Å². The van der Waals surface area contributed by atoms with Crippen LogP contribution in [0, 0.1) is 0 Å². The molecule has 0 unspecified atom stereocenters. The maximum atomic E-state index is 11.8. The first-order chi connectivity index (χ1) is 10.2. The molecule has 2 rings (SSSR count). The van der Waals surface area contributed by atoms with Crippen molar-refractivity contribution in [2.45, 2.75) is 11.3 Å². The third kappa shape index (κ3) is 7.70. The van der Waals surface area contributed by atoms with Crippen molar-refractivity contribution in [2.24, 2.45) is 0 Å². The Morgan fingerprint density at radius 1 is 1.27 bits per heavy atom. The smallest absolute Gasteiger partial charge is 0.230 e. The number of nitrogens with zero attached hydrogens (tertiary/aromatic N) is 1. The second-order valence-electron chi connectivity index (χ2n) is 5.04. The number of benzene rings is 1. The van der Waals surface area contributed by atoms with E-state index in [0.29, 0.717) is 5.75 Å². The molecule has 0 radical (unpaired) electrons. The zero-order valence-electron chi connectivity index (χ0n) is 12.5. The summed E-state index contributed by atoms with van der Waals surface area (Å²) in [5, 5.41) is 7.03. The summed E-state index contributed by atoms with van der Waals surface area (Å²) >= 11 is 7.36. The standard InChI is InChI=1S/C15H22ClN3OS.ClH/c16-13-2-4-14(5-3-13)21-12-15(20)18-6-1-9-19-10-7-17-8-11-19;/h2-5,17H,1,6-12H2,(H,18,20);1H. The maximum Gasteiger partial charge on any atom is 0.230 e. The molecule has 0 bridgehead atoms. The molecule has 1 aromatic carbocycles. The van der Waals surface area contributed by atoms with E-state index in [4.69, 9.17) is 11.6 Å². The molecule has 1 heterocycles. The van der Waals surface area contributed by atoms with Crippen molar-refractivity contribution in [3.05, 3.63) is 29.3 Å². The molecule has 0 atom stereocenters. The molecule has 1 aliphatic heterocycles. The van der Waals surface area contributed by atoms with Crippen LogP contribution in [0.1, 0.15) is 6.42 Å². The fourth-order valence-corrected chi connectivity index (χ4v) is 3.05. The first kappa shape index (κ1) is 19.6. The van der Waals surface area contributed by atoms with Gasteiger partial charge in [-0.25, -0.2) is 0 Å². The number of hydrogen-bond donors (Lipinski definition) is 2. The first-order valence-corrected chi connectivity index (χ1v) is 8.68. The second-order valence-corrected chi connectivity index (χ2v) is 6.52. The molecule has 1 saturated heterocycles. The Bertz CT molecular complexity index is 439. The average molecular weight is 364 g/mol. The lowest BCUT2D eigenvalue weighted by molar-refractivity contribution is -0.118. The number of thioether (sulfide) groups is 1. The van der Waals surface area contributed by atoms with Gasteiger partial charge in [0.15, 0.2) is 0 Å². The van der Waals surface area contributed by atoms with Crippen molar-refractivity contribution in [2.75, 3.05) is 45.0 Å². The SMILES string of the molecule is Cl.O=C(CSc1ccc(Cl)cc1)NCCCN1CCNCC1. The van der Waals surface area contributed by atoms with E-state index in [9.17, 15) is 4.79 Å². The van der Waals surface area contributed by atoms with Crippen molar-refractivity contribution in [1.82, 2.24) is 15.5 Å². The minimum absolute atomic E-state index is 0. The van der Waals surface area contributed by atoms with Gasteiger partial charge in [0.2, 0.25) is 5.91 Å². The molecule has 4 nitrogen and oxygen atoms in total. The summed E-state index contributed by atoms with van der Waals surface area (Å²) in [6.07, 6.45) is 1.01. The van der Waals surface area contributed by atoms with Gasteiger partial charge in [0.05, 0.1) is 5.75 Å². The van der Waals surface area contributed by atoms with Crippen molar-refractivity contribution in [3.63, 3.8) is 0 Å². The molecule has 7 heteroatoms. The zero-order valence-corrected chi connectivity index (χ0v) is 14.9.